The SMILES string of the molecule is Cc1cccc(NC(=O)C(C#N)=Cc2cc(C(C)(C)C)c(O)c(C(C)(C)C)c2)c1C. The van der Waals surface area contributed by atoms with Crippen LogP contribution in [-0.2, 0) is 15.6 Å². The number of nitrogens with zero attached hydrogens (tertiary/aromatic N) is 1. The fraction of sp³-hybridized carbons (Fsp3) is 0.385. The van der Waals surface area contributed by atoms with E-state index in [2.05, 4.69) is 5.32 Å². The lowest BCUT2D eigenvalue weighted by atomic mass is 9.78. The fourth-order valence-electron chi connectivity index (χ4n) is 3.27. The molecule has 0 saturated heterocycles. The zero-order chi connectivity index (χ0) is 22.9. The molecule has 0 fully saturated rings. The van der Waals surface area contributed by atoms with Gasteiger partial charge in [-0.3, -0.25) is 4.79 Å². The molecule has 4 nitrogen and oxygen atoms in total. The van der Waals surface area contributed by atoms with E-state index in [9.17, 15) is 15.2 Å². The Labute approximate surface area is 180 Å². The Kier molecular flexibility index (Phi) is 6.47. The lowest BCUT2D eigenvalue weighted by Crippen LogP contribution is -2.18. The van der Waals surface area contributed by atoms with Crippen molar-refractivity contribution in [3.63, 3.8) is 0 Å². The average molecular weight is 405 g/mol. The van der Waals surface area contributed by atoms with Gasteiger partial charge in [0, 0.05) is 16.8 Å². The Hall–Kier alpha value is -3.06. The zero-order valence-corrected chi connectivity index (χ0v) is 19.3. The third kappa shape index (κ3) is 5.10. The topological polar surface area (TPSA) is 73.1 Å². The van der Waals surface area contributed by atoms with Crippen LogP contribution in [0.3, 0.4) is 0 Å². The number of carbonyl (C=O) groups excluding carboxylic acids is 1. The summed E-state index contributed by atoms with van der Waals surface area (Å²) >= 11 is 0. The van der Waals surface area contributed by atoms with Crippen LogP contribution in [-0.4, -0.2) is 11.0 Å². The van der Waals surface area contributed by atoms with Gasteiger partial charge < -0.3 is 10.4 Å². The molecule has 0 spiro atoms. The Bertz CT molecular complexity index is 1010. The van der Waals surface area contributed by atoms with Crippen molar-refractivity contribution in [3.05, 3.63) is 63.7 Å². The van der Waals surface area contributed by atoms with Gasteiger partial charge in [0.25, 0.3) is 5.91 Å². The van der Waals surface area contributed by atoms with Crippen LogP contribution in [0.25, 0.3) is 6.08 Å². The van der Waals surface area contributed by atoms with Gasteiger partial charge in [-0.25, -0.2) is 0 Å². The van der Waals surface area contributed by atoms with Gasteiger partial charge in [-0.1, -0.05) is 53.7 Å². The second kappa shape index (κ2) is 8.36. The molecule has 0 unspecified atom stereocenters. The molecule has 2 rings (SSSR count). The monoisotopic (exact) mass is 404 g/mol. The Morgan fingerprint density at radius 1 is 1.03 bits per heavy atom. The van der Waals surface area contributed by atoms with Crippen LogP contribution in [0.15, 0.2) is 35.9 Å². The molecule has 0 heterocycles. The van der Waals surface area contributed by atoms with Crippen molar-refractivity contribution in [2.24, 2.45) is 0 Å². The number of nitrogens with one attached hydrogen (secondary N) is 1. The van der Waals surface area contributed by atoms with E-state index in [-0.39, 0.29) is 22.2 Å². The highest BCUT2D eigenvalue weighted by Gasteiger charge is 2.26. The van der Waals surface area contributed by atoms with E-state index in [0.29, 0.717) is 5.69 Å². The maximum absolute atomic E-state index is 12.8. The van der Waals surface area contributed by atoms with E-state index in [4.69, 9.17) is 0 Å². The van der Waals surface area contributed by atoms with E-state index >= 15 is 0 Å². The lowest BCUT2D eigenvalue weighted by molar-refractivity contribution is -0.112. The Balaban J connectivity index is 2.54. The number of anilines is 1. The van der Waals surface area contributed by atoms with Gasteiger partial charge >= 0.3 is 0 Å². The largest absolute Gasteiger partial charge is 0.507 e. The van der Waals surface area contributed by atoms with Crippen LogP contribution in [0, 0.1) is 25.2 Å². The predicted octanol–water partition coefficient (Wildman–Crippen LogP) is 6.15. The summed E-state index contributed by atoms with van der Waals surface area (Å²) in [4.78, 5) is 12.8. The standard InChI is InChI=1S/C26H32N2O2/c1-16-10-9-11-22(17(16)2)28-24(30)19(15-27)12-18-13-20(25(3,4)5)23(29)21(14-18)26(6,7)8/h9-14,29H,1-8H3,(H,28,30). The third-order valence-corrected chi connectivity index (χ3v) is 5.28. The first-order valence-corrected chi connectivity index (χ1v) is 10.1. The van der Waals surface area contributed by atoms with Crippen molar-refractivity contribution in [1.29, 1.82) is 5.26 Å². The summed E-state index contributed by atoms with van der Waals surface area (Å²) in [6.45, 7) is 16.1. The van der Waals surface area contributed by atoms with Gasteiger partial charge in [0.05, 0.1) is 0 Å². The highest BCUT2D eigenvalue weighted by atomic mass is 16.3. The summed E-state index contributed by atoms with van der Waals surface area (Å²) in [6.07, 6.45) is 1.59. The lowest BCUT2D eigenvalue weighted by Gasteiger charge is -2.28. The molecule has 0 atom stereocenters. The molecule has 4 heteroatoms. The molecular formula is C26H32N2O2. The van der Waals surface area contributed by atoms with Crippen LogP contribution < -0.4 is 5.32 Å². The summed E-state index contributed by atoms with van der Waals surface area (Å²) in [7, 11) is 0. The number of hydrogen-bond acceptors (Lipinski definition) is 3. The van der Waals surface area contributed by atoms with Crippen molar-refractivity contribution in [2.75, 3.05) is 5.32 Å². The van der Waals surface area contributed by atoms with Crippen LogP contribution in [0.5, 0.6) is 5.75 Å². The average Bonchev–Trinajstić information content (AvgIpc) is 2.62. The summed E-state index contributed by atoms with van der Waals surface area (Å²) in [5.41, 5.74) is 4.45. The fourth-order valence-corrected chi connectivity index (χ4v) is 3.27. The van der Waals surface area contributed by atoms with Gasteiger partial charge in [0.2, 0.25) is 0 Å². The molecule has 0 aliphatic heterocycles. The molecule has 2 aromatic carbocycles. The number of benzene rings is 2. The van der Waals surface area contributed by atoms with Crippen LogP contribution in [0.4, 0.5) is 5.69 Å². The number of aryl methyl sites for hydroxylation is 1. The second-order valence-electron chi connectivity index (χ2n) is 9.84. The van der Waals surface area contributed by atoms with Crippen molar-refractivity contribution in [1.82, 2.24) is 0 Å². The molecule has 2 aromatic rings. The quantitative estimate of drug-likeness (QED) is 0.476. The molecule has 1 amide bonds. The molecule has 0 radical (unpaired) electrons. The summed E-state index contributed by atoms with van der Waals surface area (Å²) < 4.78 is 0. The van der Waals surface area contributed by atoms with Crippen molar-refractivity contribution in [3.8, 4) is 11.8 Å². The number of carbonyl (C=O) groups is 1. The number of hydrogen-bond donors (Lipinski definition) is 2. The van der Waals surface area contributed by atoms with E-state index in [1.807, 2.05) is 91.8 Å². The normalized spacial score (nSPS) is 12.4. The first-order valence-electron chi connectivity index (χ1n) is 10.1. The molecule has 0 aliphatic carbocycles. The molecule has 0 aromatic heterocycles. The molecule has 158 valence electrons. The first kappa shape index (κ1) is 23.2. The minimum absolute atomic E-state index is 0.0151. The maximum atomic E-state index is 12.8. The smallest absolute Gasteiger partial charge is 0.266 e. The van der Waals surface area contributed by atoms with Gasteiger partial charge in [0.15, 0.2) is 0 Å². The molecule has 2 N–H and O–H groups in total. The van der Waals surface area contributed by atoms with E-state index in [1.165, 1.54) is 0 Å². The maximum Gasteiger partial charge on any atom is 0.266 e. The summed E-state index contributed by atoms with van der Waals surface area (Å²) in [5, 5.41) is 23.4. The highest BCUT2D eigenvalue weighted by Crippen LogP contribution is 2.40. The summed E-state index contributed by atoms with van der Waals surface area (Å²) in [6, 6.07) is 11.4. The van der Waals surface area contributed by atoms with Gasteiger partial charge in [-0.05, 0) is 65.6 Å². The number of rotatable bonds is 3. The predicted molar refractivity (Wildman–Crippen MR) is 124 cm³/mol. The van der Waals surface area contributed by atoms with E-state index in [0.717, 1.165) is 27.8 Å². The van der Waals surface area contributed by atoms with Crippen LogP contribution in [0.2, 0.25) is 0 Å². The van der Waals surface area contributed by atoms with Gasteiger partial charge in [0.1, 0.15) is 17.4 Å². The zero-order valence-electron chi connectivity index (χ0n) is 19.3. The number of nitriles is 1. The number of amides is 1. The first-order chi connectivity index (χ1) is 13.8. The molecule has 30 heavy (non-hydrogen) atoms. The van der Waals surface area contributed by atoms with Crippen molar-refractivity contribution in [2.45, 2.75) is 66.2 Å². The van der Waals surface area contributed by atoms with Crippen LogP contribution >= 0.6 is 0 Å². The van der Waals surface area contributed by atoms with E-state index < -0.39 is 5.91 Å². The number of phenols is 1. The second-order valence-corrected chi connectivity index (χ2v) is 9.84. The number of aromatic hydroxyl groups is 1. The summed E-state index contributed by atoms with van der Waals surface area (Å²) in [5.74, 6) is -0.181. The van der Waals surface area contributed by atoms with Crippen molar-refractivity contribution >= 4 is 17.7 Å². The van der Waals surface area contributed by atoms with Gasteiger partial charge in [-0.15, -0.1) is 0 Å². The Morgan fingerprint density at radius 3 is 2.03 bits per heavy atom. The number of phenolic OH excluding ortho intramolecular Hbond substituents is 1. The van der Waals surface area contributed by atoms with Gasteiger partial charge in [-0.2, -0.15) is 5.26 Å². The molecule has 0 bridgehead atoms. The molecule has 0 aliphatic rings. The molecular weight excluding hydrogens is 372 g/mol. The highest BCUT2D eigenvalue weighted by molar-refractivity contribution is 6.10. The minimum atomic E-state index is -0.450. The van der Waals surface area contributed by atoms with Crippen molar-refractivity contribution < 1.29 is 9.90 Å². The minimum Gasteiger partial charge on any atom is -0.507 e. The Morgan fingerprint density at radius 2 is 1.57 bits per heavy atom. The van der Waals surface area contributed by atoms with E-state index in [1.54, 1.807) is 6.08 Å². The molecule has 0 saturated carbocycles. The van der Waals surface area contributed by atoms with Crippen LogP contribution in [0.1, 0.15) is 69.4 Å². The third-order valence-electron chi connectivity index (χ3n) is 5.28.